The lowest BCUT2D eigenvalue weighted by molar-refractivity contribution is -0.145. The highest BCUT2D eigenvalue weighted by Gasteiger charge is 2.19. The summed E-state index contributed by atoms with van der Waals surface area (Å²) in [7, 11) is 1.46. The fraction of sp³-hybridized carbons (Fsp3) is 0.278. The van der Waals surface area contributed by atoms with Crippen molar-refractivity contribution in [2.45, 2.75) is 19.3 Å². The molecule has 2 aromatic carbocycles. The molecule has 0 amide bonds. The van der Waals surface area contributed by atoms with Crippen LogP contribution in [0.4, 0.5) is 0 Å². The maximum atomic E-state index is 11.9. The number of carbonyl (C=O) groups is 1. The second kappa shape index (κ2) is 7.49. The number of methoxy groups -OCH3 is 1. The molecule has 1 unspecified atom stereocenters. The van der Waals surface area contributed by atoms with E-state index in [1.807, 2.05) is 36.4 Å². The minimum absolute atomic E-state index is 0.0809. The Bertz CT molecular complexity index is 520. The second-order valence-corrected chi connectivity index (χ2v) is 4.93. The van der Waals surface area contributed by atoms with Gasteiger partial charge in [-0.1, -0.05) is 60.7 Å². The number of aryl methyl sites for hydroxylation is 1. The zero-order chi connectivity index (χ0) is 14.2. The molecule has 0 aliphatic heterocycles. The zero-order valence-electron chi connectivity index (χ0n) is 11.8. The van der Waals surface area contributed by atoms with E-state index in [-0.39, 0.29) is 11.9 Å². The van der Waals surface area contributed by atoms with Crippen LogP contribution in [0.3, 0.4) is 0 Å². The Hall–Kier alpha value is -2.09. The minimum Gasteiger partial charge on any atom is -0.469 e. The first-order chi connectivity index (χ1) is 9.79. The van der Waals surface area contributed by atoms with Gasteiger partial charge in [0, 0.05) is 0 Å². The molecule has 2 rings (SSSR count). The molecule has 0 N–H and O–H groups in total. The lowest BCUT2D eigenvalue weighted by Gasteiger charge is -2.14. The first kappa shape index (κ1) is 14.3. The van der Waals surface area contributed by atoms with Crippen molar-refractivity contribution >= 4 is 5.97 Å². The third-order valence-corrected chi connectivity index (χ3v) is 3.48. The van der Waals surface area contributed by atoms with Crippen LogP contribution in [0.25, 0.3) is 0 Å². The van der Waals surface area contributed by atoms with Gasteiger partial charge in [-0.25, -0.2) is 0 Å². The van der Waals surface area contributed by atoms with E-state index in [0.29, 0.717) is 0 Å². The molecule has 2 nitrogen and oxygen atoms in total. The highest BCUT2D eigenvalue weighted by Crippen LogP contribution is 2.17. The number of carbonyl (C=O) groups excluding carboxylic acids is 1. The Morgan fingerprint density at radius 1 is 0.950 bits per heavy atom. The number of hydrogen-bond acceptors (Lipinski definition) is 2. The van der Waals surface area contributed by atoms with Crippen molar-refractivity contribution in [1.82, 2.24) is 0 Å². The predicted octanol–water partition coefficient (Wildman–Crippen LogP) is 3.65. The van der Waals surface area contributed by atoms with Crippen LogP contribution in [0.1, 0.15) is 17.5 Å². The van der Waals surface area contributed by atoms with E-state index in [1.165, 1.54) is 18.2 Å². The molecule has 0 aliphatic carbocycles. The summed E-state index contributed by atoms with van der Waals surface area (Å²) < 4.78 is 4.93. The van der Waals surface area contributed by atoms with Gasteiger partial charge in [-0.15, -0.1) is 0 Å². The van der Waals surface area contributed by atoms with E-state index < -0.39 is 0 Å². The summed E-state index contributed by atoms with van der Waals surface area (Å²) in [6, 6.07) is 20.3. The van der Waals surface area contributed by atoms with Crippen LogP contribution >= 0.6 is 0 Å². The van der Waals surface area contributed by atoms with E-state index in [4.69, 9.17) is 4.74 Å². The molecular weight excluding hydrogens is 248 g/mol. The fourth-order valence-corrected chi connectivity index (χ4v) is 2.35. The summed E-state index contributed by atoms with van der Waals surface area (Å²) in [4.78, 5) is 11.9. The number of hydrogen-bond donors (Lipinski definition) is 0. The van der Waals surface area contributed by atoms with Gasteiger partial charge < -0.3 is 4.74 Å². The number of ether oxygens (including phenoxy) is 1. The van der Waals surface area contributed by atoms with Crippen LogP contribution in [-0.2, 0) is 22.4 Å². The van der Waals surface area contributed by atoms with Crippen molar-refractivity contribution in [2.75, 3.05) is 7.11 Å². The standard InChI is InChI=1S/C18H20O2/c1-20-18(19)17(14-16-10-6-3-7-11-16)13-12-15-8-4-2-5-9-15/h2-11,17H,12-14H2,1H3. The summed E-state index contributed by atoms with van der Waals surface area (Å²) >= 11 is 0. The average molecular weight is 268 g/mol. The molecule has 0 saturated carbocycles. The van der Waals surface area contributed by atoms with Gasteiger partial charge >= 0.3 is 5.97 Å². The van der Waals surface area contributed by atoms with Crippen LogP contribution in [0.2, 0.25) is 0 Å². The highest BCUT2D eigenvalue weighted by molar-refractivity contribution is 5.72. The van der Waals surface area contributed by atoms with Gasteiger partial charge in [0.2, 0.25) is 0 Å². The third-order valence-electron chi connectivity index (χ3n) is 3.48. The Labute approximate surface area is 120 Å². The molecule has 0 bridgehead atoms. The fourth-order valence-electron chi connectivity index (χ4n) is 2.35. The predicted molar refractivity (Wildman–Crippen MR) is 80.4 cm³/mol. The molecule has 0 fully saturated rings. The smallest absolute Gasteiger partial charge is 0.309 e. The Morgan fingerprint density at radius 3 is 2.05 bits per heavy atom. The molecule has 1 atom stereocenters. The summed E-state index contributed by atoms with van der Waals surface area (Å²) in [5.41, 5.74) is 2.44. The lowest BCUT2D eigenvalue weighted by Crippen LogP contribution is -2.19. The Balaban J connectivity index is 1.99. The molecule has 0 aliphatic rings. The molecule has 0 aromatic heterocycles. The Morgan fingerprint density at radius 2 is 1.50 bits per heavy atom. The van der Waals surface area contributed by atoms with Crippen LogP contribution in [0, 0.1) is 5.92 Å². The van der Waals surface area contributed by atoms with Gasteiger partial charge in [-0.05, 0) is 30.4 Å². The number of benzene rings is 2. The van der Waals surface area contributed by atoms with Crippen LogP contribution < -0.4 is 0 Å². The summed E-state index contributed by atoms with van der Waals surface area (Å²) in [6.07, 6.45) is 2.44. The highest BCUT2D eigenvalue weighted by atomic mass is 16.5. The molecular formula is C18H20O2. The molecule has 0 saturated heterocycles. The monoisotopic (exact) mass is 268 g/mol. The van der Waals surface area contributed by atoms with E-state index >= 15 is 0 Å². The first-order valence-electron chi connectivity index (χ1n) is 6.95. The topological polar surface area (TPSA) is 26.3 Å². The third kappa shape index (κ3) is 4.23. The summed E-state index contributed by atoms with van der Waals surface area (Å²) in [5, 5.41) is 0. The number of esters is 1. The molecule has 0 spiro atoms. The SMILES string of the molecule is COC(=O)C(CCc1ccccc1)Cc1ccccc1. The van der Waals surface area contributed by atoms with Gasteiger partial charge in [0.1, 0.15) is 0 Å². The lowest BCUT2D eigenvalue weighted by atomic mass is 9.93. The van der Waals surface area contributed by atoms with Gasteiger partial charge in [-0.3, -0.25) is 4.79 Å². The maximum absolute atomic E-state index is 11.9. The molecule has 2 heteroatoms. The summed E-state index contributed by atoms with van der Waals surface area (Å²) in [5.74, 6) is -0.201. The number of rotatable bonds is 6. The Kier molecular flexibility index (Phi) is 5.36. The first-order valence-corrected chi connectivity index (χ1v) is 6.95. The van der Waals surface area contributed by atoms with Crippen molar-refractivity contribution in [3.05, 3.63) is 71.8 Å². The van der Waals surface area contributed by atoms with Gasteiger partial charge in [-0.2, -0.15) is 0 Å². The molecule has 2 aromatic rings. The van der Waals surface area contributed by atoms with E-state index in [9.17, 15) is 4.79 Å². The van der Waals surface area contributed by atoms with E-state index in [0.717, 1.165) is 19.3 Å². The minimum atomic E-state index is -0.121. The maximum Gasteiger partial charge on any atom is 0.309 e. The second-order valence-electron chi connectivity index (χ2n) is 4.93. The van der Waals surface area contributed by atoms with Crippen molar-refractivity contribution in [3.8, 4) is 0 Å². The van der Waals surface area contributed by atoms with Gasteiger partial charge in [0.25, 0.3) is 0 Å². The molecule has 20 heavy (non-hydrogen) atoms. The molecule has 0 radical (unpaired) electrons. The van der Waals surface area contributed by atoms with Crippen molar-refractivity contribution in [1.29, 1.82) is 0 Å². The largest absolute Gasteiger partial charge is 0.469 e. The molecule has 0 heterocycles. The van der Waals surface area contributed by atoms with Crippen LogP contribution in [-0.4, -0.2) is 13.1 Å². The average Bonchev–Trinajstić information content (AvgIpc) is 2.52. The quantitative estimate of drug-likeness (QED) is 0.747. The van der Waals surface area contributed by atoms with Gasteiger partial charge in [0.15, 0.2) is 0 Å². The van der Waals surface area contributed by atoms with E-state index in [1.54, 1.807) is 0 Å². The van der Waals surface area contributed by atoms with Gasteiger partial charge in [0.05, 0.1) is 13.0 Å². The van der Waals surface area contributed by atoms with Crippen molar-refractivity contribution in [3.63, 3.8) is 0 Å². The molecule has 104 valence electrons. The van der Waals surface area contributed by atoms with Crippen LogP contribution in [0.15, 0.2) is 60.7 Å². The zero-order valence-corrected chi connectivity index (χ0v) is 11.8. The van der Waals surface area contributed by atoms with Crippen molar-refractivity contribution in [2.24, 2.45) is 5.92 Å². The van der Waals surface area contributed by atoms with Crippen LogP contribution in [0.5, 0.6) is 0 Å². The van der Waals surface area contributed by atoms with Crippen molar-refractivity contribution < 1.29 is 9.53 Å². The van der Waals surface area contributed by atoms with E-state index in [2.05, 4.69) is 24.3 Å². The summed E-state index contributed by atoms with van der Waals surface area (Å²) in [6.45, 7) is 0. The normalized spacial score (nSPS) is 11.8.